The predicted octanol–water partition coefficient (Wildman–Crippen LogP) is 3.57. The second-order valence-electron chi connectivity index (χ2n) is 5.00. The van der Waals surface area contributed by atoms with Crippen molar-refractivity contribution in [1.82, 2.24) is 9.97 Å². The molecule has 1 aromatic carbocycles. The maximum atomic E-state index is 5.95. The van der Waals surface area contributed by atoms with E-state index in [1.807, 2.05) is 12.1 Å². The Bertz CT molecular complexity index is 638. The molecule has 2 aromatic rings. The van der Waals surface area contributed by atoms with Crippen molar-refractivity contribution < 1.29 is 0 Å². The number of nitrogens with two attached hydrogens (primary N) is 1. The van der Waals surface area contributed by atoms with Crippen molar-refractivity contribution in [3.63, 3.8) is 0 Å². The lowest BCUT2D eigenvalue weighted by molar-refractivity contribution is 0.658. The van der Waals surface area contributed by atoms with Crippen LogP contribution in [0.5, 0.6) is 0 Å². The van der Waals surface area contributed by atoms with Crippen molar-refractivity contribution in [2.45, 2.75) is 32.6 Å². The van der Waals surface area contributed by atoms with E-state index in [9.17, 15) is 0 Å². The molecule has 0 radical (unpaired) electrons. The molecule has 2 N–H and O–H groups in total. The number of rotatable bonds is 1. The standard InChI is InChI=1S/C15H16ClN3/c1-9-11-4-2-3-5-14(11)19-15(18-9)10-6-7-12(16)13(17)8-10/h6-8H,2-5,17H2,1H3. The van der Waals surface area contributed by atoms with E-state index in [0.29, 0.717) is 10.7 Å². The molecule has 1 aliphatic rings. The first-order valence-corrected chi connectivity index (χ1v) is 6.95. The molecule has 0 saturated carbocycles. The molecule has 0 amide bonds. The van der Waals surface area contributed by atoms with Crippen LogP contribution in [0.3, 0.4) is 0 Å². The highest BCUT2D eigenvalue weighted by atomic mass is 35.5. The van der Waals surface area contributed by atoms with Crippen LogP contribution < -0.4 is 5.73 Å². The van der Waals surface area contributed by atoms with Gasteiger partial charge in [0.05, 0.1) is 10.7 Å². The Morgan fingerprint density at radius 3 is 2.74 bits per heavy atom. The van der Waals surface area contributed by atoms with Crippen LogP contribution in [0, 0.1) is 6.92 Å². The third-order valence-electron chi connectivity index (χ3n) is 3.64. The smallest absolute Gasteiger partial charge is 0.159 e. The minimum absolute atomic E-state index is 0.568. The molecule has 0 unspecified atom stereocenters. The van der Waals surface area contributed by atoms with Crippen LogP contribution in [-0.2, 0) is 12.8 Å². The lowest BCUT2D eigenvalue weighted by atomic mass is 9.95. The van der Waals surface area contributed by atoms with E-state index < -0.39 is 0 Å². The number of anilines is 1. The van der Waals surface area contributed by atoms with Crippen LogP contribution in [0.1, 0.15) is 29.8 Å². The van der Waals surface area contributed by atoms with Crippen LogP contribution in [0.2, 0.25) is 5.02 Å². The molecule has 4 heteroatoms. The molecule has 0 saturated heterocycles. The molecule has 19 heavy (non-hydrogen) atoms. The zero-order valence-electron chi connectivity index (χ0n) is 10.9. The van der Waals surface area contributed by atoms with Crippen molar-refractivity contribution in [3.05, 3.63) is 40.2 Å². The summed E-state index contributed by atoms with van der Waals surface area (Å²) in [7, 11) is 0. The first kappa shape index (κ1) is 12.4. The largest absolute Gasteiger partial charge is 0.398 e. The average molecular weight is 274 g/mol. The molecule has 98 valence electrons. The molecule has 0 fully saturated rings. The van der Waals surface area contributed by atoms with Crippen molar-refractivity contribution in [3.8, 4) is 11.4 Å². The van der Waals surface area contributed by atoms with Gasteiger partial charge in [0.2, 0.25) is 0 Å². The number of halogens is 1. The second-order valence-corrected chi connectivity index (χ2v) is 5.41. The number of fused-ring (bicyclic) bond motifs is 1. The fraction of sp³-hybridized carbons (Fsp3) is 0.333. The molecular weight excluding hydrogens is 258 g/mol. The Kier molecular flexibility index (Phi) is 3.15. The van der Waals surface area contributed by atoms with E-state index >= 15 is 0 Å². The van der Waals surface area contributed by atoms with Gasteiger partial charge in [0.1, 0.15) is 0 Å². The zero-order valence-corrected chi connectivity index (χ0v) is 11.7. The number of aryl methyl sites for hydroxylation is 2. The highest BCUT2D eigenvalue weighted by Gasteiger charge is 2.16. The molecule has 0 bridgehead atoms. The normalized spacial score (nSPS) is 14.2. The lowest BCUT2D eigenvalue weighted by Gasteiger charge is -2.17. The van der Waals surface area contributed by atoms with E-state index in [1.165, 1.54) is 24.1 Å². The first-order chi connectivity index (χ1) is 9.15. The second kappa shape index (κ2) is 4.82. The summed E-state index contributed by atoms with van der Waals surface area (Å²) in [4.78, 5) is 9.32. The van der Waals surface area contributed by atoms with Crippen LogP contribution >= 0.6 is 11.6 Å². The SMILES string of the molecule is Cc1nc(-c2ccc(Cl)c(N)c2)nc2c1CCCC2. The molecule has 1 aliphatic carbocycles. The van der Waals surface area contributed by atoms with Gasteiger partial charge < -0.3 is 5.73 Å². The summed E-state index contributed by atoms with van der Waals surface area (Å²) >= 11 is 5.95. The highest BCUT2D eigenvalue weighted by molar-refractivity contribution is 6.33. The quantitative estimate of drug-likeness (QED) is 0.808. The Morgan fingerprint density at radius 1 is 1.16 bits per heavy atom. The Hall–Kier alpha value is -1.61. The molecule has 1 heterocycles. The summed E-state index contributed by atoms with van der Waals surface area (Å²) in [6.45, 7) is 2.06. The van der Waals surface area contributed by atoms with Crippen LogP contribution in [0.25, 0.3) is 11.4 Å². The Labute approximate surface area is 117 Å². The van der Waals surface area contributed by atoms with Gasteiger partial charge in [-0.1, -0.05) is 11.6 Å². The number of nitrogen functional groups attached to an aromatic ring is 1. The summed E-state index contributed by atoms with van der Waals surface area (Å²) in [5.74, 6) is 0.751. The number of benzene rings is 1. The minimum Gasteiger partial charge on any atom is -0.398 e. The maximum Gasteiger partial charge on any atom is 0.159 e. The minimum atomic E-state index is 0.568. The van der Waals surface area contributed by atoms with Gasteiger partial charge in [-0.05, 0) is 56.4 Å². The maximum absolute atomic E-state index is 5.95. The summed E-state index contributed by atoms with van der Waals surface area (Å²) in [6, 6.07) is 5.55. The third-order valence-corrected chi connectivity index (χ3v) is 3.99. The lowest BCUT2D eigenvalue weighted by Crippen LogP contribution is -2.10. The van der Waals surface area contributed by atoms with Gasteiger partial charge in [-0.15, -0.1) is 0 Å². The highest BCUT2D eigenvalue weighted by Crippen LogP contribution is 2.28. The Balaban J connectivity index is 2.10. The number of aromatic nitrogens is 2. The van der Waals surface area contributed by atoms with Crippen LogP contribution in [0.15, 0.2) is 18.2 Å². The molecule has 3 nitrogen and oxygen atoms in total. The van der Waals surface area contributed by atoms with Gasteiger partial charge in [0.15, 0.2) is 5.82 Å². The number of hydrogen-bond acceptors (Lipinski definition) is 3. The molecule has 0 spiro atoms. The molecule has 1 aromatic heterocycles. The summed E-state index contributed by atoms with van der Waals surface area (Å²) in [5, 5.41) is 0.568. The number of nitrogens with zero attached hydrogens (tertiary/aromatic N) is 2. The summed E-state index contributed by atoms with van der Waals surface area (Å²) in [5.41, 5.74) is 11.0. The molecule has 0 atom stereocenters. The fourth-order valence-electron chi connectivity index (χ4n) is 2.59. The monoisotopic (exact) mass is 273 g/mol. The van der Waals surface area contributed by atoms with Crippen molar-refractivity contribution in [1.29, 1.82) is 0 Å². The van der Waals surface area contributed by atoms with E-state index in [4.69, 9.17) is 22.3 Å². The topological polar surface area (TPSA) is 51.8 Å². The number of hydrogen-bond donors (Lipinski definition) is 1. The summed E-state index contributed by atoms with van der Waals surface area (Å²) < 4.78 is 0. The van der Waals surface area contributed by atoms with Gasteiger partial charge in [-0.25, -0.2) is 9.97 Å². The van der Waals surface area contributed by atoms with Crippen molar-refractivity contribution in [2.75, 3.05) is 5.73 Å². The molecule has 0 aliphatic heterocycles. The van der Waals surface area contributed by atoms with Crippen molar-refractivity contribution >= 4 is 17.3 Å². The van der Waals surface area contributed by atoms with Gasteiger partial charge in [0.25, 0.3) is 0 Å². The molecule has 3 rings (SSSR count). The molecular formula is C15H16ClN3. The zero-order chi connectivity index (χ0) is 13.4. The first-order valence-electron chi connectivity index (χ1n) is 6.57. The van der Waals surface area contributed by atoms with E-state index in [1.54, 1.807) is 6.07 Å². The van der Waals surface area contributed by atoms with Gasteiger partial charge >= 0.3 is 0 Å². The fourth-order valence-corrected chi connectivity index (χ4v) is 2.71. The van der Waals surface area contributed by atoms with E-state index in [-0.39, 0.29) is 0 Å². The Morgan fingerprint density at radius 2 is 1.95 bits per heavy atom. The summed E-state index contributed by atoms with van der Waals surface area (Å²) in [6.07, 6.45) is 4.61. The van der Waals surface area contributed by atoms with E-state index in [2.05, 4.69) is 11.9 Å². The third kappa shape index (κ3) is 2.30. The predicted molar refractivity (Wildman–Crippen MR) is 78.3 cm³/mol. The van der Waals surface area contributed by atoms with Gasteiger partial charge in [-0.3, -0.25) is 0 Å². The van der Waals surface area contributed by atoms with E-state index in [0.717, 1.165) is 29.9 Å². The van der Waals surface area contributed by atoms with Gasteiger partial charge in [-0.2, -0.15) is 0 Å². The van der Waals surface area contributed by atoms with Crippen LogP contribution in [-0.4, -0.2) is 9.97 Å². The van der Waals surface area contributed by atoms with Crippen molar-refractivity contribution in [2.24, 2.45) is 0 Å². The average Bonchev–Trinajstić information content (AvgIpc) is 2.42. The van der Waals surface area contributed by atoms with Crippen LogP contribution in [0.4, 0.5) is 5.69 Å². The van der Waals surface area contributed by atoms with Gasteiger partial charge in [0, 0.05) is 17.0 Å².